The summed E-state index contributed by atoms with van der Waals surface area (Å²) >= 11 is 12.0. The number of rotatable bonds is 5. The van der Waals surface area contributed by atoms with Gasteiger partial charge in [0.25, 0.3) is 5.91 Å². The van der Waals surface area contributed by atoms with Crippen LogP contribution in [0.3, 0.4) is 0 Å². The van der Waals surface area contributed by atoms with Crippen LogP contribution in [0.4, 0.5) is 5.69 Å². The number of ether oxygens (including phenoxy) is 1. The smallest absolute Gasteiger partial charge is 0.252 e. The van der Waals surface area contributed by atoms with E-state index in [0.717, 1.165) is 6.42 Å². The Kier molecular flexibility index (Phi) is 6.06. The van der Waals surface area contributed by atoms with Crippen molar-refractivity contribution < 1.29 is 14.3 Å². The molecule has 1 aliphatic heterocycles. The molecule has 1 saturated heterocycles. The molecule has 1 aromatic rings. The summed E-state index contributed by atoms with van der Waals surface area (Å²) < 4.78 is 5.37. The standard InChI is InChI=1S/C15H18Cl2N2O3/c1-2-19(15(21)12-7-4-8-22-12)9-13(20)18-14-10(16)5-3-6-11(14)17/h3,5-6,12H,2,4,7-9H2,1H3,(H,18,20). The quantitative estimate of drug-likeness (QED) is 0.893. The number of benzene rings is 1. The first kappa shape index (κ1) is 17.1. The second-order valence-electron chi connectivity index (χ2n) is 5.00. The molecule has 1 heterocycles. The van der Waals surface area contributed by atoms with Crippen LogP contribution in [-0.2, 0) is 14.3 Å². The summed E-state index contributed by atoms with van der Waals surface area (Å²) in [7, 11) is 0. The number of nitrogens with one attached hydrogen (secondary N) is 1. The van der Waals surface area contributed by atoms with Crippen LogP contribution in [0.1, 0.15) is 19.8 Å². The number of hydrogen-bond donors (Lipinski definition) is 1. The maximum Gasteiger partial charge on any atom is 0.252 e. The Morgan fingerprint density at radius 3 is 2.59 bits per heavy atom. The van der Waals surface area contributed by atoms with Crippen LogP contribution in [0.15, 0.2) is 18.2 Å². The minimum absolute atomic E-state index is 0.0588. The Morgan fingerprint density at radius 1 is 1.36 bits per heavy atom. The fraction of sp³-hybridized carbons (Fsp3) is 0.467. The molecule has 0 spiro atoms. The average molecular weight is 345 g/mol. The number of carbonyl (C=O) groups excluding carboxylic acids is 2. The van der Waals surface area contributed by atoms with E-state index >= 15 is 0 Å². The van der Waals surface area contributed by atoms with Gasteiger partial charge < -0.3 is 15.0 Å². The molecule has 120 valence electrons. The van der Waals surface area contributed by atoms with Gasteiger partial charge in [0.05, 0.1) is 22.3 Å². The third kappa shape index (κ3) is 4.12. The molecule has 5 nitrogen and oxygen atoms in total. The van der Waals surface area contributed by atoms with Gasteiger partial charge >= 0.3 is 0 Å². The molecule has 2 rings (SSSR count). The Bertz CT molecular complexity index is 539. The van der Waals surface area contributed by atoms with Crippen LogP contribution >= 0.6 is 23.2 Å². The summed E-state index contributed by atoms with van der Waals surface area (Å²) in [5.41, 5.74) is 0.358. The summed E-state index contributed by atoms with van der Waals surface area (Å²) in [6, 6.07) is 4.97. The predicted octanol–water partition coefficient (Wildman–Crippen LogP) is 2.96. The maximum atomic E-state index is 12.3. The Balaban J connectivity index is 1.98. The van der Waals surface area contributed by atoms with Gasteiger partial charge in [-0.05, 0) is 31.9 Å². The molecule has 0 saturated carbocycles. The van der Waals surface area contributed by atoms with Gasteiger partial charge in [0.2, 0.25) is 5.91 Å². The molecule has 0 bridgehead atoms. The predicted molar refractivity (Wildman–Crippen MR) is 86.3 cm³/mol. The average Bonchev–Trinajstić information content (AvgIpc) is 3.02. The SMILES string of the molecule is CCN(CC(=O)Nc1c(Cl)cccc1Cl)C(=O)C1CCCO1. The van der Waals surface area contributed by atoms with Gasteiger partial charge in [-0.15, -0.1) is 0 Å². The molecule has 1 N–H and O–H groups in total. The van der Waals surface area contributed by atoms with Gasteiger partial charge in [-0.3, -0.25) is 9.59 Å². The molecular weight excluding hydrogens is 327 g/mol. The molecule has 0 aliphatic carbocycles. The maximum absolute atomic E-state index is 12.3. The second-order valence-corrected chi connectivity index (χ2v) is 5.81. The number of halogens is 2. The number of nitrogens with zero attached hydrogens (tertiary/aromatic N) is 1. The first-order chi connectivity index (χ1) is 10.5. The van der Waals surface area contributed by atoms with Gasteiger partial charge in [0, 0.05) is 13.2 Å². The number of carbonyl (C=O) groups is 2. The van der Waals surface area contributed by atoms with Crippen molar-refractivity contribution in [2.75, 3.05) is 25.0 Å². The van der Waals surface area contributed by atoms with Crippen molar-refractivity contribution in [1.29, 1.82) is 0 Å². The summed E-state index contributed by atoms with van der Waals surface area (Å²) in [6.45, 7) is 2.79. The molecule has 1 unspecified atom stereocenters. The summed E-state index contributed by atoms with van der Waals surface area (Å²) in [6.07, 6.45) is 1.14. The first-order valence-corrected chi connectivity index (χ1v) is 7.92. The second kappa shape index (κ2) is 7.81. The van der Waals surface area contributed by atoms with E-state index in [4.69, 9.17) is 27.9 Å². The third-order valence-electron chi connectivity index (χ3n) is 3.46. The minimum atomic E-state index is -0.434. The lowest BCUT2D eigenvalue weighted by Crippen LogP contribution is -2.43. The number of likely N-dealkylation sites (N-methyl/N-ethyl adjacent to an activating group) is 1. The van der Waals surface area contributed by atoms with Crippen molar-refractivity contribution in [3.63, 3.8) is 0 Å². The zero-order chi connectivity index (χ0) is 16.1. The van der Waals surface area contributed by atoms with E-state index in [1.807, 2.05) is 6.92 Å². The van der Waals surface area contributed by atoms with E-state index in [-0.39, 0.29) is 18.4 Å². The van der Waals surface area contributed by atoms with Gasteiger partial charge in [0.15, 0.2) is 0 Å². The monoisotopic (exact) mass is 344 g/mol. The van der Waals surface area contributed by atoms with E-state index in [9.17, 15) is 9.59 Å². The number of amides is 2. The van der Waals surface area contributed by atoms with Crippen LogP contribution in [0.25, 0.3) is 0 Å². The minimum Gasteiger partial charge on any atom is -0.368 e. The Labute approximate surface area is 139 Å². The first-order valence-electron chi connectivity index (χ1n) is 7.17. The molecular formula is C15H18Cl2N2O3. The van der Waals surface area contributed by atoms with Crippen LogP contribution in [-0.4, -0.2) is 42.5 Å². The van der Waals surface area contributed by atoms with Crippen molar-refractivity contribution in [3.8, 4) is 0 Å². The molecule has 1 aromatic carbocycles. The van der Waals surface area contributed by atoms with Gasteiger partial charge in [-0.1, -0.05) is 29.3 Å². The van der Waals surface area contributed by atoms with Crippen molar-refractivity contribution in [1.82, 2.24) is 4.90 Å². The zero-order valence-corrected chi connectivity index (χ0v) is 13.8. The fourth-order valence-electron chi connectivity index (χ4n) is 2.29. The summed E-state index contributed by atoms with van der Waals surface area (Å²) in [5.74, 6) is -0.497. The molecule has 1 fully saturated rings. The highest BCUT2D eigenvalue weighted by atomic mass is 35.5. The molecule has 1 aliphatic rings. The van der Waals surface area contributed by atoms with Crippen LogP contribution in [0, 0.1) is 0 Å². The van der Waals surface area contributed by atoms with Gasteiger partial charge in [-0.2, -0.15) is 0 Å². The van der Waals surface area contributed by atoms with E-state index < -0.39 is 6.10 Å². The molecule has 7 heteroatoms. The molecule has 2 amide bonds. The molecule has 22 heavy (non-hydrogen) atoms. The lowest BCUT2D eigenvalue weighted by Gasteiger charge is -2.23. The van der Waals surface area contributed by atoms with Crippen molar-refractivity contribution >= 4 is 40.7 Å². The van der Waals surface area contributed by atoms with E-state index in [0.29, 0.717) is 35.3 Å². The molecule has 0 aromatic heterocycles. The number of para-hydroxylation sites is 1. The van der Waals surface area contributed by atoms with Gasteiger partial charge in [0.1, 0.15) is 6.10 Å². The molecule has 0 radical (unpaired) electrons. The topological polar surface area (TPSA) is 58.6 Å². The van der Waals surface area contributed by atoms with Crippen LogP contribution in [0.5, 0.6) is 0 Å². The van der Waals surface area contributed by atoms with Gasteiger partial charge in [-0.25, -0.2) is 0 Å². The number of anilines is 1. The lowest BCUT2D eigenvalue weighted by atomic mass is 10.2. The summed E-state index contributed by atoms with van der Waals surface area (Å²) in [5, 5.41) is 3.36. The zero-order valence-electron chi connectivity index (χ0n) is 12.3. The third-order valence-corrected chi connectivity index (χ3v) is 4.09. The van der Waals surface area contributed by atoms with E-state index in [1.165, 1.54) is 4.90 Å². The Hall–Kier alpha value is -1.30. The highest BCUT2D eigenvalue weighted by Crippen LogP contribution is 2.29. The van der Waals surface area contributed by atoms with E-state index in [1.54, 1.807) is 18.2 Å². The highest BCUT2D eigenvalue weighted by Gasteiger charge is 2.28. The lowest BCUT2D eigenvalue weighted by molar-refractivity contribution is -0.142. The highest BCUT2D eigenvalue weighted by molar-refractivity contribution is 6.39. The fourth-order valence-corrected chi connectivity index (χ4v) is 2.78. The molecule has 1 atom stereocenters. The largest absolute Gasteiger partial charge is 0.368 e. The Morgan fingerprint density at radius 2 is 2.05 bits per heavy atom. The number of hydrogen-bond acceptors (Lipinski definition) is 3. The van der Waals surface area contributed by atoms with E-state index in [2.05, 4.69) is 5.32 Å². The van der Waals surface area contributed by atoms with Crippen molar-refractivity contribution in [3.05, 3.63) is 28.2 Å². The summed E-state index contributed by atoms with van der Waals surface area (Å²) in [4.78, 5) is 25.9. The van der Waals surface area contributed by atoms with Crippen molar-refractivity contribution in [2.45, 2.75) is 25.9 Å². The van der Waals surface area contributed by atoms with Crippen LogP contribution in [0.2, 0.25) is 10.0 Å². The normalized spacial score (nSPS) is 17.3. The van der Waals surface area contributed by atoms with Crippen molar-refractivity contribution in [2.24, 2.45) is 0 Å². The van der Waals surface area contributed by atoms with Crippen LogP contribution < -0.4 is 5.32 Å².